The van der Waals surface area contributed by atoms with E-state index in [2.05, 4.69) is 18.3 Å². The topological polar surface area (TPSA) is 41.6 Å². The van der Waals surface area contributed by atoms with Crippen LogP contribution in [0.4, 0.5) is 0 Å². The average molecular weight is 297 g/mol. The van der Waals surface area contributed by atoms with Crippen LogP contribution in [0.15, 0.2) is 12.1 Å². The molecule has 4 nitrogen and oxygen atoms in total. The highest BCUT2D eigenvalue weighted by molar-refractivity contribution is 6.00. The molecule has 0 spiro atoms. The fraction of sp³-hybridized carbons (Fsp3) is 0.533. The van der Waals surface area contributed by atoms with Crippen molar-refractivity contribution in [3.8, 4) is 5.75 Å². The largest absolute Gasteiger partial charge is 0.496 e. The minimum absolute atomic E-state index is 0. The molecule has 3 rings (SSSR count). The Hall–Kier alpha value is -1.26. The summed E-state index contributed by atoms with van der Waals surface area (Å²) in [5, 5.41) is 3.40. The van der Waals surface area contributed by atoms with Gasteiger partial charge < -0.3 is 15.0 Å². The van der Waals surface area contributed by atoms with Gasteiger partial charge in [-0.2, -0.15) is 0 Å². The number of hydrogen-bond acceptors (Lipinski definition) is 3. The average Bonchev–Trinajstić information content (AvgIpc) is 2.92. The molecule has 20 heavy (non-hydrogen) atoms. The molecule has 2 heterocycles. The Kier molecular flexibility index (Phi) is 4.25. The highest BCUT2D eigenvalue weighted by Gasteiger charge is 2.42. The van der Waals surface area contributed by atoms with Crippen LogP contribution < -0.4 is 10.1 Å². The third-order valence-corrected chi connectivity index (χ3v) is 4.43. The van der Waals surface area contributed by atoms with Crippen molar-refractivity contribution in [1.82, 2.24) is 10.2 Å². The molecule has 2 aliphatic heterocycles. The number of methoxy groups -OCH3 is 1. The lowest BCUT2D eigenvalue weighted by atomic mass is 9.83. The van der Waals surface area contributed by atoms with E-state index >= 15 is 0 Å². The quantitative estimate of drug-likeness (QED) is 0.905. The van der Waals surface area contributed by atoms with Gasteiger partial charge in [-0.1, -0.05) is 13.0 Å². The van der Waals surface area contributed by atoms with E-state index in [1.807, 2.05) is 18.0 Å². The van der Waals surface area contributed by atoms with Gasteiger partial charge in [0.25, 0.3) is 5.91 Å². The Morgan fingerprint density at radius 2 is 2.15 bits per heavy atom. The second-order valence-corrected chi connectivity index (χ2v) is 5.36. The summed E-state index contributed by atoms with van der Waals surface area (Å²) in [5.74, 6) is 1.19. The fourth-order valence-corrected chi connectivity index (χ4v) is 3.30. The van der Waals surface area contributed by atoms with Crippen LogP contribution in [-0.2, 0) is 6.42 Å². The van der Waals surface area contributed by atoms with Crippen LogP contribution in [0.5, 0.6) is 5.75 Å². The van der Waals surface area contributed by atoms with Crippen LogP contribution in [0.3, 0.4) is 0 Å². The molecule has 0 saturated carbocycles. The number of fused-ring (bicyclic) bond motifs is 3. The molecule has 0 unspecified atom stereocenters. The zero-order chi connectivity index (χ0) is 13.6. The lowest BCUT2D eigenvalue weighted by molar-refractivity contribution is 0.0701. The molecule has 110 valence electrons. The molecule has 1 aromatic rings. The van der Waals surface area contributed by atoms with Gasteiger partial charge in [-0.25, -0.2) is 0 Å². The Bertz CT molecular complexity index is 533. The number of halogens is 1. The minimum Gasteiger partial charge on any atom is -0.496 e. The number of hydrogen-bond donors (Lipinski definition) is 1. The molecule has 1 fully saturated rings. The first-order valence-corrected chi connectivity index (χ1v) is 6.86. The van der Waals surface area contributed by atoms with Crippen molar-refractivity contribution in [3.63, 3.8) is 0 Å². The number of benzene rings is 1. The Balaban J connectivity index is 0.00000147. The second-order valence-electron chi connectivity index (χ2n) is 5.36. The summed E-state index contributed by atoms with van der Waals surface area (Å²) in [6, 6.07) is 4.46. The smallest absolute Gasteiger partial charge is 0.257 e. The second kappa shape index (κ2) is 5.62. The Labute approximate surface area is 125 Å². The van der Waals surface area contributed by atoms with Crippen LogP contribution >= 0.6 is 12.4 Å². The van der Waals surface area contributed by atoms with E-state index in [1.54, 1.807) is 7.11 Å². The number of nitrogens with zero attached hydrogens (tertiary/aromatic N) is 1. The van der Waals surface area contributed by atoms with Crippen molar-refractivity contribution in [2.45, 2.75) is 25.3 Å². The first-order chi connectivity index (χ1) is 9.17. The summed E-state index contributed by atoms with van der Waals surface area (Å²) in [4.78, 5) is 14.4. The summed E-state index contributed by atoms with van der Waals surface area (Å²) >= 11 is 0. The van der Waals surface area contributed by atoms with E-state index in [0.29, 0.717) is 5.92 Å². The minimum atomic E-state index is 0. The van der Waals surface area contributed by atoms with E-state index in [4.69, 9.17) is 4.74 Å². The number of carbonyl (C=O) groups is 1. The maximum atomic E-state index is 12.6. The molecule has 1 amide bonds. The number of carbonyl (C=O) groups excluding carboxylic acids is 1. The van der Waals surface area contributed by atoms with Crippen LogP contribution in [-0.4, -0.2) is 44.1 Å². The molecule has 2 aliphatic rings. The van der Waals surface area contributed by atoms with Crippen LogP contribution in [0.1, 0.15) is 34.3 Å². The molecule has 0 aromatic heterocycles. The molecule has 5 heteroatoms. The maximum Gasteiger partial charge on any atom is 0.257 e. The first-order valence-electron chi connectivity index (χ1n) is 6.86. The number of amides is 1. The summed E-state index contributed by atoms with van der Waals surface area (Å²) in [6.45, 7) is 3.94. The molecule has 0 aliphatic carbocycles. The number of ether oxygens (including phenoxy) is 1. The highest BCUT2D eigenvalue weighted by atomic mass is 35.5. The van der Waals surface area contributed by atoms with E-state index in [1.165, 1.54) is 5.56 Å². The van der Waals surface area contributed by atoms with Crippen molar-refractivity contribution in [2.24, 2.45) is 0 Å². The van der Waals surface area contributed by atoms with Crippen LogP contribution in [0, 0.1) is 0 Å². The van der Waals surface area contributed by atoms with Crippen molar-refractivity contribution in [1.29, 1.82) is 0 Å². The third-order valence-electron chi connectivity index (χ3n) is 4.43. The summed E-state index contributed by atoms with van der Waals surface area (Å²) < 4.78 is 5.45. The summed E-state index contributed by atoms with van der Waals surface area (Å²) in [6.07, 6.45) is 0.957. The first kappa shape index (κ1) is 15.1. The standard InChI is InChI=1S/C15H20N2O2.ClH/c1-4-9-5-10-11-7-16-8-12(11)17(2)15(18)14(10)13(6-9)19-3;/h5-6,11-12,16H,4,7-8H2,1-3H3;1H/t11-,12+;/m1./s1. The molecular weight excluding hydrogens is 276 g/mol. The monoisotopic (exact) mass is 296 g/mol. The van der Waals surface area contributed by atoms with Gasteiger partial charge in [0.05, 0.1) is 18.7 Å². The number of likely N-dealkylation sites (N-methyl/N-ethyl adjacent to an activating group) is 1. The van der Waals surface area contributed by atoms with Crippen molar-refractivity contribution in [3.05, 3.63) is 28.8 Å². The molecule has 1 saturated heterocycles. The van der Waals surface area contributed by atoms with Gasteiger partial charge in [0, 0.05) is 26.1 Å². The molecule has 0 bridgehead atoms. The number of aryl methyl sites for hydroxylation is 1. The van der Waals surface area contributed by atoms with Gasteiger partial charge in [0.2, 0.25) is 0 Å². The van der Waals surface area contributed by atoms with Crippen molar-refractivity contribution >= 4 is 18.3 Å². The highest BCUT2D eigenvalue weighted by Crippen LogP contribution is 2.39. The lowest BCUT2D eigenvalue weighted by Crippen LogP contribution is -2.45. The lowest BCUT2D eigenvalue weighted by Gasteiger charge is -2.36. The van der Waals surface area contributed by atoms with Crippen LogP contribution in [0.2, 0.25) is 0 Å². The third kappa shape index (κ3) is 2.07. The summed E-state index contributed by atoms with van der Waals surface area (Å²) in [7, 11) is 3.53. The Morgan fingerprint density at radius 1 is 1.40 bits per heavy atom. The van der Waals surface area contributed by atoms with E-state index < -0.39 is 0 Å². The van der Waals surface area contributed by atoms with E-state index in [0.717, 1.165) is 36.4 Å². The number of rotatable bonds is 2. The SMILES string of the molecule is CCc1cc(OC)c2c(c1)[C@H]1CNC[C@@H]1N(C)C2=O.Cl. The van der Waals surface area contributed by atoms with Gasteiger partial charge in [0.1, 0.15) is 5.75 Å². The van der Waals surface area contributed by atoms with Gasteiger partial charge in [-0.3, -0.25) is 4.79 Å². The molecule has 1 aromatic carbocycles. The molecule has 2 atom stereocenters. The normalized spacial score (nSPS) is 23.9. The van der Waals surface area contributed by atoms with Gasteiger partial charge >= 0.3 is 0 Å². The predicted molar refractivity (Wildman–Crippen MR) is 81.1 cm³/mol. The van der Waals surface area contributed by atoms with Gasteiger partial charge in [-0.15, -0.1) is 12.4 Å². The maximum absolute atomic E-state index is 12.6. The zero-order valence-electron chi connectivity index (χ0n) is 12.1. The van der Waals surface area contributed by atoms with Crippen molar-refractivity contribution in [2.75, 3.05) is 27.2 Å². The molecule has 1 N–H and O–H groups in total. The van der Waals surface area contributed by atoms with E-state index in [9.17, 15) is 4.79 Å². The van der Waals surface area contributed by atoms with Gasteiger partial charge in [0.15, 0.2) is 0 Å². The van der Waals surface area contributed by atoms with Gasteiger partial charge in [-0.05, 0) is 23.6 Å². The van der Waals surface area contributed by atoms with Crippen LogP contribution in [0.25, 0.3) is 0 Å². The summed E-state index contributed by atoms with van der Waals surface area (Å²) in [5.41, 5.74) is 3.15. The fourth-order valence-electron chi connectivity index (χ4n) is 3.30. The molecule has 0 radical (unpaired) electrons. The van der Waals surface area contributed by atoms with Crippen molar-refractivity contribution < 1.29 is 9.53 Å². The predicted octanol–water partition coefficient (Wildman–Crippen LogP) is 1.82. The van der Waals surface area contributed by atoms with E-state index in [-0.39, 0.29) is 24.4 Å². The Morgan fingerprint density at radius 3 is 2.80 bits per heavy atom. The molecular formula is C15H21ClN2O2. The zero-order valence-corrected chi connectivity index (χ0v) is 12.9. The number of nitrogens with one attached hydrogen (secondary N) is 1.